The molecule has 0 saturated heterocycles. The fraction of sp³-hybridized carbons (Fsp3) is 0.368. The van der Waals surface area contributed by atoms with Gasteiger partial charge in [-0.1, -0.05) is 12.8 Å². The molecule has 1 aliphatic carbocycles. The molecule has 26 heavy (non-hydrogen) atoms. The highest BCUT2D eigenvalue weighted by molar-refractivity contribution is 6.03. The van der Waals surface area contributed by atoms with Crippen molar-refractivity contribution in [2.24, 2.45) is 0 Å². The van der Waals surface area contributed by atoms with Crippen LogP contribution in [-0.4, -0.2) is 34.5 Å². The number of carbonyl (C=O) groups excluding carboxylic acids is 2. The van der Waals surface area contributed by atoms with Crippen molar-refractivity contribution in [1.29, 1.82) is 0 Å². The maximum Gasteiger partial charge on any atom is 0.338 e. The highest BCUT2D eigenvalue weighted by Gasteiger charge is 2.16. The van der Waals surface area contributed by atoms with Gasteiger partial charge in [-0.15, -0.1) is 0 Å². The van der Waals surface area contributed by atoms with Crippen LogP contribution >= 0.6 is 0 Å². The number of hydrogen-bond acceptors (Lipinski definition) is 6. The van der Waals surface area contributed by atoms with E-state index in [9.17, 15) is 9.59 Å². The Morgan fingerprint density at radius 1 is 1.15 bits per heavy atom. The monoisotopic (exact) mass is 354 g/mol. The first kappa shape index (κ1) is 17.8. The summed E-state index contributed by atoms with van der Waals surface area (Å²) in [5, 5.41) is 6.12. The summed E-state index contributed by atoms with van der Waals surface area (Å²) in [6.07, 6.45) is 6.07. The van der Waals surface area contributed by atoms with Crippen molar-refractivity contribution >= 4 is 23.4 Å². The van der Waals surface area contributed by atoms with E-state index in [1.807, 2.05) is 0 Å². The van der Waals surface area contributed by atoms with Crippen LogP contribution in [0.5, 0.6) is 0 Å². The molecule has 136 valence electrons. The molecule has 1 aromatic heterocycles. The van der Waals surface area contributed by atoms with E-state index in [4.69, 9.17) is 4.74 Å². The number of hydrogen-bond donors (Lipinski definition) is 2. The lowest BCUT2D eigenvalue weighted by Gasteiger charge is -2.13. The van der Waals surface area contributed by atoms with Crippen molar-refractivity contribution in [3.63, 3.8) is 0 Å². The largest absolute Gasteiger partial charge is 0.462 e. The van der Waals surface area contributed by atoms with E-state index >= 15 is 0 Å². The van der Waals surface area contributed by atoms with E-state index < -0.39 is 0 Å². The second-order valence-electron chi connectivity index (χ2n) is 6.17. The van der Waals surface area contributed by atoms with Gasteiger partial charge in [0.05, 0.1) is 12.2 Å². The number of aromatic nitrogens is 2. The van der Waals surface area contributed by atoms with Gasteiger partial charge in [0.25, 0.3) is 5.91 Å². The Labute approximate surface area is 152 Å². The van der Waals surface area contributed by atoms with Crippen molar-refractivity contribution in [3.05, 3.63) is 47.9 Å². The minimum atomic E-state index is -0.385. The van der Waals surface area contributed by atoms with Gasteiger partial charge in [-0.05, 0) is 44.0 Å². The van der Waals surface area contributed by atoms with Crippen molar-refractivity contribution in [3.8, 4) is 0 Å². The van der Waals surface area contributed by atoms with Crippen molar-refractivity contribution < 1.29 is 14.3 Å². The highest BCUT2D eigenvalue weighted by atomic mass is 16.5. The molecule has 1 fully saturated rings. The molecule has 7 heteroatoms. The van der Waals surface area contributed by atoms with E-state index in [1.165, 1.54) is 19.2 Å². The fourth-order valence-electron chi connectivity index (χ4n) is 2.94. The molecule has 1 amide bonds. The normalized spacial score (nSPS) is 14.0. The zero-order valence-electron chi connectivity index (χ0n) is 14.7. The van der Waals surface area contributed by atoms with Gasteiger partial charge >= 0.3 is 5.97 Å². The van der Waals surface area contributed by atoms with Crippen LogP contribution in [0, 0.1) is 0 Å². The third-order valence-corrected chi connectivity index (χ3v) is 4.26. The predicted octanol–water partition coefficient (Wildman–Crippen LogP) is 3.26. The van der Waals surface area contributed by atoms with Crippen LogP contribution in [0.25, 0.3) is 0 Å². The molecular formula is C19H22N4O3. The smallest absolute Gasteiger partial charge is 0.338 e. The Kier molecular flexibility index (Phi) is 5.78. The van der Waals surface area contributed by atoms with Crippen molar-refractivity contribution in [2.75, 3.05) is 17.2 Å². The molecule has 2 aromatic rings. The lowest BCUT2D eigenvalue weighted by molar-refractivity contribution is 0.0526. The number of carbonyl (C=O) groups is 2. The maximum absolute atomic E-state index is 12.4. The molecule has 7 nitrogen and oxygen atoms in total. The molecule has 0 atom stereocenters. The SMILES string of the molecule is CCOC(=O)c1ccc(NC(=O)c2cc(NC3CCCC3)ncn2)cc1. The number of nitrogens with zero attached hydrogens (tertiary/aromatic N) is 2. The van der Waals surface area contributed by atoms with Gasteiger partial charge < -0.3 is 15.4 Å². The summed E-state index contributed by atoms with van der Waals surface area (Å²) >= 11 is 0. The standard InChI is InChI=1S/C19H22N4O3/c1-2-26-19(25)13-7-9-15(10-8-13)23-18(24)16-11-17(21-12-20-16)22-14-5-3-4-6-14/h7-12,14H,2-6H2,1H3,(H,23,24)(H,20,21,22). The van der Waals surface area contributed by atoms with Gasteiger partial charge in [0.2, 0.25) is 0 Å². The Bertz CT molecular complexity index is 771. The number of amides is 1. The van der Waals surface area contributed by atoms with Crippen LogP contribution in [0.15, 0.2) is 36.7 Å². The number of rotatable bonds is 6. The summed E-state index contributed by atoms with van der Waals surface area (Å²) in [4.78, 5) is 32.3. The van der Waals surface area contributed by atoms with Crippen LogP contribution in [0.4, 0.5) is 11.5 Å². The Morgan fingerprint density at radius 3 is 2.58 bits per heavy atom. The van der Waals surface area contributed by atoms with E-state index in [-0.39, 0.29) is 17.6 Å². The highest BCUT2D eigenvalue weighted by Crippen LogP contribution is 2.21. The van der Waals surface area contributed by atoms with Crippen molar-refractivity contribution in [2.45, 2.75) is 38.6 Å². The minimum absolute atomic E-state index is 0.287. The first-order valence-electron chi connectivity index (χ1n) is 8.83. The van der Waals surface area contributed by atoms with Gasteiger partial charge in [-0.3, -0.25) is 4.79 Å². The molecule has 1 heterocycles. The van der Waals surface area contributed by atoms with E-state index in [0.29, 0.717) is 29.7 Å². The topological polar surface area (TPSA) is 93.2 Å². The van der Waals surface area contributed by atoms with Gasteiger partial charge in [-0.25, -0.2) is 14.8 Å². The molecular weight excluding hydrogens is 332 g/mol. The van der Waals surface area contributed by atoms with Crippen LogP contribution in [0.2, 0.25) is 0 Å². The zero-order valence-corrected chi connectivity index (χ0v) is 14.7. The van der Waals surface area contributed by atoms with Crippen LogP contribution in [0.1, 0.15) is 53.5 Å². The predicted molar refractivity (Wildman–Crippen MR) is 98.3 cm³/mol. The summed E-state index contributed by atoms with van der Waals surface area (Å²) in [6.45, 7) is 2.08. The molecule has 0 bridgehead atoms. The molecule has 0 unspecified atom stereocenters. The minimum Gasteiger partial charge on any atom is -0.462 e. The number of nitrogens with one attached hydrogen (secondary N) is 2. The molecule has 3 rings (SSSR count). The summed E-state index contributed by atoms with van der Waals surface area (Å²) in [5.41, 5.74) is 1.30. The van der Waals surface area contributed by atoms with Crippen LogP contribution in [-0.2, 0) is 4.74 Å². The number of ether oxygens (including phenoxy) is 1. The average molecular weight is 354 g/mol. The zero-order chi connectivity index (χ0) is 18.4. The Morgan fingerprint density at radius 2 is 1.88 bits per heavy atom. The maximum atomic E-state index is 12.4. The quantitative estimate of drug-likeness (QED) is 0.774. The molecule has 1 aromatic carbocycles. The molecule has 0 aliphatic heterocycles. The Hall–Kier alpha value is -2.96. The van der Waals surface area contributed by atoms with Crippen LogP contribution in [0.3, 0.4) is 0 Å². The first-order chi connectivity index (χ1) is 12.7. The molecule has 1 aliphatic rings. The molecule has 2 N–H and O–H groups in total. The third kappa shape index (κ3) is 4.56. The molecule has 0 radical (unpaired) electrons. The van der Waals surface area contributed by atoms with E-state index in [0.717, 1.165) is 12.8 Å². The van der Waals surface area contributed by atoms with Crippen LogP contribution < -0.4 is 10.6 Å². The summed E-state index contributed by atoms with van der Waals surface area (Å²) in [5.74, 6) is -0.0516. The van der Waals surface area contributed by atoms with Crippen molar-refractivity contribution in [1.82, 2.24) is 9.97 Å². The average Bonchev–Trinajstić information content (AvgIpc) is 3.16. The van der Waals surface area contributed by atoms with Gasteiger partial charge in [0.15, 0.2) is 0 Å². The third-order valence-electron chi connectivity index (χ3n) is 4.26. The van der Waals surface area contributed by atoms with E-state index in [2.05, 4.69) is 20.6 Å². The number of benzene rings is 1. The lowest BCUT2D eigenvalue weighted by atomic mass is 10.2. The number of anilines is 2. The fourth-order valence-corrected chi connectivity index (χ4v) is 2.94. The van der Waals surface area contributed by atoms with E-state index in [1.54, 1.807) is 37.3 Å². The van der Waals surface area contributed by atoms with Gasteiger partial charge in [0.1, 0.15) is 17.8 Å². The molecule has 0 spiro atoms. The van der Waals surface area contributed by atoms with Gasteiger partial charge in [-0.2, -0.15) is 0 Å². The molecule has 1 saturated carbocycles. The Balaban J connectivity index is 1.63. The summed E-state index contributed by atoms with van der Waals surface area (Å²) in [7, 11) is 0. The summed E-state index contributed by atoms with van der Waals surface area (Å²) < 4.78 is 4.94. The summed E-state index contributed by atoms with van der Waals surface area (Å²) in [6, 6.07) is 8.60. The lowest BCUT2D eigenvalue weighted by Crippen LogP contribution is -2.18. The first-order valence-corrected chi connectivity index (χ1v) is 8.83. The second kappa shape index (κ2) is 8.42. The van der Waals surface area contributed by atoms with Gasteiger partial charge in [0, 0.05) is 17.8 Å². The number of esters is 1. The second-order valence-corrected chi connectivity index (χ2v) is 6.17.